The number of ketones is 1. The zero-order chi connectivity index (χ0) is 18.1. The molecule has 0 saturated heterocycles. The van der Waals surface area contributed by atoms with E-state index in [-0.39, 0.29) is 24.5 Å². The minimum absolute atomic E-state index is 0.0119. The second-order valence-electron chi connectivity index (χ2n) is 6.48. The van der Waals surface area contributed by atoms with E-state index in [1.807, 2.05) is 23.1 Å². The van der Waals surface area contributed by atoms with Crippen molar-refractivity contribution < 1.29 is 14.0 Å². The molecule has 4 rings (SSSR count). The first-order chi connectivity index (χ1) is 12.6. The number of fused-ring (bicyclic) bond motifs is 2. The quantitative estimate of drug-likeness (QED) is 0.733. The number of H-pyrrole nitrogens is 1. The molecule has 1 amide bonds. The van der Waals surface area contributed by atoms with Gasteiger partial charge in [-0.1, -0.05) is 24.3 Å². The van der Waals surface area contributed by atoms with Crippen LogP contribution in [0.2, 0.25) is 0 Å². The van der Waals surface area contributed by atoms with Gasteiger partial charge in [-0.25, -0.2) is 4.79 Å². The fourth-order valence-corrected chi connectivity index (χ4v) is 3.35. The number of Topliss-reactive ketones (excluding diaryl/α,β-unsaturated/α-hetero) is 1. The smallest absolute Gasteiger partial charge is 0.408 e. The molecule has 1 N–H and O–H groups in total. The number of oxazole rings is 1. The fraction of sp³-hybridized carbons (Fsp3) is 0.250. The van der Waals surface area contributed by atoms with Gasteiger partial charge in [0.05, 0.1) is 5.52 Å². The summed E-state index contributed by atoms with van der Waals surface area (Å²) in [5.41, 5.74) is 3.80. The predicted octanol–water partition coefficient (Wildman–Crippen LogP) is 2.67. The van der Waals surface area contributed by atoms with E-state index >= 15 is 0 Å². The van der Waals surface area contributed by atoms with Gasteiger partial charge in [-0.2, -0.15) is 0 Å². The van der Waals surface area contributed by atoms with Crippen LogP contribution in [0.25, 0.3) is 11.1 Å². The number of amides is 1. The summed E-state index contributed by atoms with van der Waals surface area (Å²) in [5, 5.41) is 0. The van der Waals surface area contributed by atoms with Gasteiger partial charge in [0.25, 0.3) is 0 Å². The van der Waals surface area contributed by atoms with Crippen molar-refractivity contribution in [3.8, 4) is 0 Å². The number of rotatable bonds is 4. The molecule has 6 nitrogen and oxygen atoms in total. The van der Waals surface area contributed by atoms with Crippen molar-refractivity contribution in [2.75, 3.05) is 6.54 Å². The van der Waals surface area contributed by atoms with E-state index in [0.717, 1.165) is 6.42 Å². The molecule has 0 atom stereocenters. The van der Waals surface area contributed by atoms with Gasteiger partial charge in [0.15, 0.2) is 11.4 Å². The molecule has 1 aliphatic rings. The molecule has 0 fully saturated rings. The normalized spacial score (nSPS) is 13.6. The maximum absolute atomic E-state index is 12.5. The Hall–Kier alpha value is -3.15. The molecule has 26 heavy (non-hydrogen) atoms. The third-order valence-corrected chi connectivity index (χ3v) is 4.79. The molecule has 0 unspecified atom stereocenters. The Bertz CT molecular complexity index is 1050. The molecule has 2 aromatic carbocycles. The molecule has 0 saturated carbocycles. The molecular formula is C20H18N2O4. The lowest BCUT2D eigenvalue weighted by Crippen LogP contribution is -2.36. The number of carbonyl (C=O) groups is 2. The molecule has 0 radical (unpaired) electrons. The topological polar surface area (TPSA) is 83.4 Å². The molecule has 1 aromatic heterocycles. The second-order valence-corrected chi connectivity index (χ2v) is 6.48. The highest BCUT2D eigenvalue weighted by molar-refractivity contribution is 6.00. The van der Waals surface area contributed by atoms with Gasteiger partial charge in [-0.05, 0) is 35.7 Å². The molecule has 6 heteroatoms. The molecule has 0 bridgehead atoms. The highest BCUT2D eigenvalue weighted by Crippen LogP contribution is 2.20. The van der Waals surface area contributed by atoms with Crippen molar-refractivity contribution in [1.82, 2.24) is 9.88 Å². The lowest BCUT2D eigenvalue weighted by atomic mass is 9.99. The van der Waals surface area contributed by atoms with E-state index in [9.17, 15) is 14.4 Å². The Morgan fingerprint density at radius 3 is 2.73 bits per heavy atom. The van der Waals surface area contributed by atoms with Crippen molar-refractivity contribution >= 4 is 22.8 Å². The van der Waals surface area contributed by atoms with Gasteiger partial charge in [0.2, 0.25) is 5.91 Å². The molecular weight excluding hydrogens is 332 g/mol. The van der Waals surface area contributed by atoms with Crippen LogP contribution in [-0.4, -0.2) is 28.1 Å². The predicted molar refractivity (Wildman–Crippen MR) is 96.0 cm³/mol. The van der Waals surface area contributed by atoms with Crippen molar-refractivity contribution in [3.05, 3.63) is 69.7 Å². The number of nitrogens with one attached hydrogen (secondary N) is 1. The third-order valence-electron chi connectivity index (χ3n) is 4.79. The highest BCUT2D eigenvalue weighted by Gasteiger charge is 2.21. The van der Waals surface area contributed by atoms with Crippen LogP contribution >= 0.6 is 0 Å². The standard InChI is InChI=1S/C20H18N2O4/c23-17(14-5-6-16-18(11-14)26-20(25)21-16)7-8-19(24)22-10-9-13-3-1-2-4-15(13)12-22/h1-6,11H,7-10,12H2,(H,21,25). The first kappa shape index (κ1) is 16.3. The number of hydrogen-bond donors (Lipinski definition) is 1. The number of aromatic amines is 1. The van der Waals surface area contributed by atoms with Crippen LogP contribution in [0.3, 0.4) is 0 Å². The lowest BCUT2D eigenvalue weighted by Gasteiger charge is -2.28. The van der Waals surface area contributed by atoms with Crippen LogP contribution in [0.15, 0.2) is 51.7 Å². The summed E-state index contributed by atoms with van der Waals surface area (Å²) in [6.45, 7) is 1.29. The Morgan fingerprint density at radius 2 is 1.88 bits per heavy atom. The van der Waals surface area contributed by atoms with Crippen molar-refractivity contribution in [3.63, 3.8) is 0 Å². The van der Waals surface area contributed by atoms with E-state index < -0.39 is 5.76 Å². The molecule has 0 spiro atoms. The van der Waals surface area contributed by atoms with Gasteiger partial charge < -0.3 is 9.32 Å². The van der Waals surface area contributed by atoms with E-state index in [1.54, 1.807) is 12.1 Å². The van der Waals surface area contributed by atoms with Gasteiger partial charge in [-0.15, -0.1) is 0 Å². The number of hydrogen-bond acceptors (Lipinski definition) is 4. The molecule has 1 aliphatic heterocycles. The van der Waals surface area contributed by atoms with Gasteiger partial charge in [-0.3, -0.25) is 14.6 Å². The van der Waals surface area contributed by atoms with Crippen LogP contribution in [0.4, 0.5) is 0 Å². The summed E-state index contributed by atoms with van der Waals surface area (Å²) in [5.74, 6) is -0.700. The Labute approximate surface area is 149 Å². The van der Waals surface area contributed by atoms with Crippen molar-refractivity contribution in [1.29, 1.82) is 0 Å². The molecule has 0 aliphatic carbocycles. The van der Waals surface area contributed by atoms with E-state index in [1.165, 1.54) is 17.2 Å². The maximum Gasteiger partial charge on any atom is 0.417 e. The number of nitrogens with zero attached hydrogens (tertiary/aromatic N) is 1. The SMILES string of the molecule is O=C(CCC(=O)N1CCc2ccccc2C1)c1ccc2[nH]c(=O)oc2c1. The average Bonchev–Trinajstić information content (AvgIpc) is 3.04. The van der Waals surface area contributed by atoms with E-state index in [2.05, 4.69) is 11.1 Å². The number of aromatic nitrogens is 1. The van der Waals surface area contributed by atoms with Gasteiger partial charge in [0, 0.05) is 31.5 Å². The largest absolute Gasteiger partial charge is 0.417 e. The first-order valence-electron chi connectivity index (χ1n) is 8.61. The Kier molecular flexibility index (Phi) is 4.16. The third kappa shape index (κ3) is 3.18. The van der Waals surface area contributed by atoms with Crippen LogP contribution in [0.5, 0.6) is 0 Å². The maximum atomic E-state index is 12.5. The summed E-state index contributed by atoms with van der Waals surface area (Å²) in [6, 6.07) is 12.9. The lowest BCUT2D eigenvalue weighted by molar-refractivity contribution is -0.132. The zero-order valence-corrected chi connectivity index (χ0v) is 14.2. The summed E-state index contributed by atoms with van der Waals surface area (Å²) < 4.78 is 4.97. The molecule has 2 heterocycles. The first-order valence-corrected chi connectivity index (χ1v) is 8.61. The molecule has 132 valence electrons. The van der Waals surface area contributed by atoms with E-state index in [0.29, 0.717) is 29.8 Å². The summed E-state index contributed by atoms with van der Waals surface area (Å²) in [4.78, 5) is 40.4. The van der Waals surface area contributed by atoms with Crippen LogP contribution in [-0.2, 0) is 17.8 Å². The highest BCUT2D eigenvalue weighted by atomic mass is 16.4. The monoisotopic (exact) mass is 350 g/mol. The summed E-state index contributed by atoms with van der Waals surface area (Å²) in [7, 11) is 0. The summed E-state index contributed by atoms with van der Waals surface area (Å²) in [6.07, 6.45) is 1.16. The second kappa shape index (κ2) is 6.63. The van der Waals surface area contributed by atoms with Crippen molar-refractivity contribution in [2.45, 2.75) is 25.8 Å². The van der Waals surface area contributed by atoms with Crippen LogP contribution < -0.4 is 5.76 Å². The zero-order valence-electron chi connectivity index (χ0n) is 14.2. The van der Waals surface area contributed by atoms with Crippen molar-refractivity contribution in [2.24, 2.45) is 0 Å². The van der Waals surface area contributed by atoms with Gasteiger partial charge >= 0.3 is 5.76 Å². The fourth-order valence-electron chi connectivity index (χ4n) is 3.35. The average molecular weight is 350 g/mol. The van der Waals surface area contributed by atoms with Gasteiger partial charge in [0.1, 0.15) is 0 Å². The minimum Gasteiger partial charge on any atom is -0.408 e. The Balaban J connectivity index is 1.39. The van der Waals surface area contributed by atoms with E-state index in [4.69, 9.17) is 4.42 Å². The number of benzene rings is 2. The minimum atomic E-state index is -0.551. The number of carbonyl (C=O) groups excluding carboxylic acids is 2. The Morgan fingerprint density at radius 1 is 1.08 bits per heavy atom. The molecule has 3 aromatic rings. The summed E-state index contributed by atoms with van der Waals surface area (Å²) >= 11 is 0. The van der Waals surface area contributed by atoms with Crippen LogP contribution in [0.1, 0.15) is 34.3 Å². The van der Waals surface area contributed by atoms with Crippen LogP contribution in [0, 0.1) is 0 Å².